The summed E-state index contributed by atoms with van der Waals surface area (Å²) in [4.78, 5) is 21.8. The molecule has 3 rings (SSSR count). The number of rotatable bonds is 7. The van der Waals surface area contributed by atoms with Crippen LogP contribution in [-0.4, -0.2) is 46.1 Å². The monoisotopic (exact) mass is 342 g/mol. The topological polar surface area (TPSA) is 87.6 Å². The summed E-state index contributed by atoms with van der Waals surface area (Å²) < 4.78 is 5.17. The van der Waals surface area contributed by atoms with Gasteiger partial charge in [0.05, 0.1) is 24.1 Å². The van der Waals surface area contributed by atoms with Crippen LogP contribution in [0.2, 0.25) is 0 Å². The first-order valence-corrected chi connectivity index (χ1v) is 8.33. The van der Waals surface area contributed by atoms with E-state index in [9.17, 15) is 4.79 Å². The molecule has 2 N–H and O–H groups in total. The second-order valence-electron chi connectivity index (χ2n) is 6.03. The molecule has 1 aliphatic rings. The Bertz CT molecular complexity index is 721. The Morgan fingerprint density at radius 1 is 1.36 bits per heavy atom. The van der Waals surface area contributed by atoms with Crippen LogP contribution in [0.5, 0.6) is 5.75 Å². The summed E-state index contributed by atoms with van der Waals surface area (Å²) in [6.07, 6.45) is 5.77. The van der Waals surface area contributed by atoms with Gasteiger partial charge >= 0.3 is 5.97 Å². The van der Waals surface area contributed by atoms with E-state index in [1.807, 2.05) is 37.5 Å². The fraction of sp³-hybridized carbons (Fsp3) is 0.389. The van der Waals surface area contributed by atoms with Crippen molar-refractivity contribution in [1.29, 1.82) is 0 Å². The largest absolute Gasteiger partial charge is 0.482 e. The molecular weight excluding hydrogens is 320 g/mol. The van der Waals surface area contributed by atoms with Crippen molar-refractivity contribution < 1.29 is 14.6 Å². The van der Waals surface area contributed by atoms with E-state index in [1.54, 1.807) is 6.20 Å². The summed E-state index contributed by atoms with van der Waals surface area (Å²) >= 11 is 0. The molecule has 1 aliphatic heterocycles. The number of hydrogen-bond donors (Lipinski definition) is 2. The molecular formula is C18H22N4O3. The van der Waals surface area contributed by atoms with Gasteiger partial charge in [0, 0.05) is 13.6 Å². The molecule has 0 aliphatic carbocycles. The van der Waals surface area contributed by atoms with Gasteiger partial charge in [-0.15, -0.1) is 0 Å². The van der Waals surface area contributed by atoms with Crippen molar-refractivity contribution in [1.82, 2.24) is 14.9 Å². The molecule has 7 heteroatoms. The maximum absolute atomic E-state index is 10.5. The van der Waals surface area contributed by atoms with E-state index in [0.29, 0.717) is 5.75 Å². The number of likely N-dealkylation sites (tertiary alicyclic amines) is 1. The Kier molecular flexibility index (Phi) is 5.45. The Morgan fingerprint density at radius 3 is 2.88 bits per heavy atom. The van der Waals surface area contributed by atoms with Crippen molar-refractivity contribution in [3.8, 4) is 5.75 Å². The lowest BCUT2D eigenvalue weighted by Gasteiger charge is -2.24. The number of nitrogens with one attached hydrogen (secondary N) is 1. The van der Waals surface area contributed by atoms with Crippen molar-refractivity contribution in [3.63, 3.8) is 0 Å². The fourth-order valence-corrected chi connectivity index (χ4v) is 3.08. The Hall–Kier alpha value is -2.67. The van der Waals surface area contributed by atoms with Crippen LogP contribution in [0.1, 0.15) is 30.1 Å². The minimum atomic E-state index is -0.978. The van der Waals surface area contributed by atoms with Crippen LogP contribution < -0.4 is 10.1 Å². The van der Waals surface area contributed by atoms with E-state index >= 15 is 0 Å². The lowest BCUT2D eigenvalue weighted by Crippen LogP contribution is -2.23. The number of nitrogens with zero attached hydrogens (tertiary/aromatic N) is 3. The molecule has 25 heavy (non-hydrogen) atoms. The average Bonchev–Trinajstić information content (AvgIpc) is 3.09. The van der Waals surface area contributed by atoms with Gasteiger partial charge in [0.25, 0.3) is 0 Å². The first-order valence-electron chi connectivity index (χ1n) is 8.33. The lowest BCUT2D eigenvalue weighted by atomic mass is 10.1. The molecule has 0 spiro atoms. The lowest BCUT2D eigenvalue weighted by molar-refractivity contribution is -0.139. The van der Waals surface area contributed by atoms with Crippen molar-refractivity contribution in [3.05, 3.63) is 47.9 Å². The van der Waals surface area contributed by atoms with Crippen molar-refractivity contribution in [2.45, 2.75) is 25.4 Å². The van der Waals surface area contributed by atoms with Gasteiger partial charge < -0.3 is 15.2 Å². The molecule has 0 unspecified atom stereocenters. The standard InChI is InChI=1S/C18H22N4O3/c1-19-17-10-20-9-15(21-17)16-3-2-8-22(16)11-13-4-6-14(7-5-13)25-12-18(23)24/h4-7,9-10,16H,2-3,8,11-12H2,1H3,(H,19,21)(H,23,24)/t16-/m0/s1. The highest BCUT2D eigenvalue weighted by Crippen LogP contribution is 2.32. The summed E-state index contributed by atoms with van der Waals surface area (Å²) in [5, 5.41) is 11.7. The third kappa shape index (κ3) is 4.45. The van der Waals surface area contributed by atoms with Gasteiger partial charge in [-0.3, -0.25) is 9.88 Å². The van der Waals surface area contributed by atoms with Gasteiger partial charge in [-0.05, 0) is 37.1 Å². The van der Waals surface area contributed by atoms with Crippen LogP contribution in [0.15, 0.2) is 36.7 Å². The number of hydrogen-bond acceptors (Lipinski definition) is 6. The molecule has 132 valence electrons. The summed E-state index contributed by atoms with van der Waals surface area (Å²) in [6.45, 7) is 1.51. The Labute approximate surface area is 146 Å². The van der Waals surface area contributed by atoms with Crippen LogP contribution in [0, 0.1) is 0 Å². The van der Waals surface area contributed by atoms with Gasteiger partial charge in [-0.1, -0.05) is 12.1 Å². The van der Waals surface area contributed by atoms with Crippen LogP contribution in [0.3, 0.4) is 0 Å². The summed E-state index contributed by atoms with van der Waals surface area (Å²) in [7, 11) is 1.84. The number of anilines is 1. The number of ether oxygens (including phenoxy) is 1. The van der Waals surface area contributed by atoms with E-state index in [0.717, 1.165) is 43.0 Å². The van der Waals surface area contributed by atoms with Crippen LogP contribution >= 0.6 is 0 Å². The van der Waals surface area contributed by atoms with Crippen LogP contribution in [0.25, 0.3) is 0 Å². The van der Waals surface area contributed by atoms with Crippen LogP contribution in [-0.2, 0) is 11.3 Å². The number of aromatic nitrogens is 2. The van der Waals surface area contributed by atoms with Gasteiger partial charge in [0.2, 0.25) is 0 Å². The second kappa shape index (κ2) is 7.94. The highest BCUT2D eigenvalue weighted by atomic mass is 16.5. The second-order valence-corrected chi connectivity index (χ2v) is 6.03. The third-order valence-electron chi connectivity index (χ3n) is 4.29. The van der Waals surface area contributed by atoms with Gasteiger partial charge in [-0.25, -0.2) is 9.78 Å². The van der Waals surface area contributed by atoms with E-state index < -0.39 is 5.97 Å². The number of benzene rings is 1. The maximum atomic E-state index is 10.5. The molecule has 7 nitrogen and oxygen atoms in total. The molecule has 1 fully saturated rings. The van der Waals surface area contributed by atoms with Crippen molar-refractivity contribution in [2.75, 3.05) is 25.5 Å². The van der Waals surface area contributed by atoms with Gasteiger partial charge in [0.1, 0.15) is 11.6 Å². The molecule has 1 aromatic carbocycles. The molecule has 1 saturated heterocycles. The molecule has 0 radical (unpaired) electrons. The van der Waals surface area contributed by atoms with Gasteiger partial charge in [0.15, 0.2) is 6.61 Å². The number of carbonyl (C=O) groups is 1. The molecule has 1 atom stereocenters. The maximum Gasteiger partial charge on any atom is 0.341 e. The number of carboxylic acids is 1. The smallest absolute Gasteiger partial charge is 0.341 e. The minimum Gasteiger partial charge on any atom is -0.482 e. The molecule has 2 heterocycles. The van der Waals surface area contributed by atoms with E-state index in [4.69, 9.17) is 9.84 Å². The molecule has 0 amide bonds. The normalized spacial score (nSPS) is 17.4. The minimum absolute atomic E-state index is 0.267. The summed E-state index contributed by atoms with van der Waals surface area (Å²) in [6, 6.07) is 7.84. The fourth-order valence-electron chi connectivity index (χ4n) is 3.08. The first kappa shape index (κ1) is 17.2. The van der Waals surface area contributed by atoms with E-state index in [-0.39, 0.29) is 12.6 Å². The zero-order valence-corrected chi connectivity index (χ0v) is 14.2. The SMILES string of the molecule is CNc1cncc([C@@H]2CCCN2Cc2ccc(OCC(=O)O)cc2)n1. The molecule has 0 bridgehead atoms. The van der Waals surface area contributed by atoms with E-state index in [1.165, 1.54) is 0 Å². The first-order chi connectivity index (χ1) is 12.2. The zero-order valence-electron chi connectivity index (χ0n) is 14.2. The highest BCUT2D eigenvalue weighted by molar-refractivity contribution is 5.68. The number of aliphatic carboxylic acids is 1. The van der Waals surface area contributed by atoms with E-state index in [2.05, 4.69) is 20.2 Å². The molecule has 2 aromatic rings. The molecule has 1 aromatic heterocycles. The van der Waals surface area contributed by atoms with Crippen molar-refractivity contribution in [2.24, 2.45) is 0 Å². The Balaban J connectivity index is 1.65. The predicted molar refractivity (Wildman–Crippen MR) is 93.5 cm³/mol. The van der Waals surface area contributed by atoms with Gasteiger partial charge in [-0.2, -0.15) is 0 Å². The van der Waals surface area contributed by atoms with Crippen molar-refractivity contribution >= 4 is 11.8 Å². The average molecular weight is 342 g/mol. The Morgan fingerprint density at radius 2 is 2.16 bits per heavy atom. The summed E-state index contributed by atoms with van der Waals surface area (Å²) in [5.41, 5.74) is 2.15. The molecule has 0 saturated carbocycles. The third-order valence-corrected chi connectivity index (χ3v) is 4.29. The van der Waals surface area contributed by atoms with Crippen LogP contribution in [0.4, 0.5) is 5.82 Å². The highest BCUT2D eigenvalue weighted by Gasteiger charge is 2.27. The number of carboxylic acid groups (broad SMARTS) is 1. The predicted octanol–water partition coefficient (Wildman–Crippen LogP) is 2.32. The quantitative estimate of drug-likeness (QED) is 0.798. The summed E-state index contributed by atoms with van der Waals surface area (Å²) in [5.74, 6) is 0.370. The zero-order chi connectivity index (χ0) is 17.6.